The van der Waals surface area contributed by atoms with Crippen molar-refractivity contribution < 1.29 is 9.59 Å². The minimum absolute atomic E-state index is 0.000312. The Hall–Kier alpha value is -3.05. The zero-order chi connectivity index (χ0) is 21.6. The highest BCUT2D eigenvalue weighted by Crippen LogP contribution is 2.42. The fourth-order valence-corrected chi connectivity index (χ4v) is 4.88. The first kappa shape index (κ1) is 21.2. The smallest absolute Gasteiger partial charge is 0.238 e. The summed E-state index contributed by atoms with van der Waals surface area (Å²) in [6.45, 7) is 2.12. The van der Waals surface area contributed by atoms with E-state index in [-0.39, 0.29) is 17.2 Å². The van der Waals surface area contributed by atoms with Gasteiger partial charge >= 0.3 is 0 Å². The molecular weight excluding hydrogens is 404 g/mol. The van der Waals surface area contributed by atoms with Crippen LogP contribution in [0.5, 0.6) is 0 Å². The van der Waals surface area contributed by atoms with Gasteiger partial charge in [0.25, 0.3) is 0 Å². The molecule has 1 saturated heterocycles. The van der Waals surface area contributed by atoms with E-state index < -0.39 is 0 Å². The van der Waals surface area contributed by atoms with Crippen molar-refractivity contribution in [3.05, 3.63) is 95.6 Å². The Kier molecular flexibility index (Phi) is 6.73. The molecule has 1 N–H and O–H groups in total. The molecule has 0 bridgehead atoms. The van der Waals surface area contributed by atoms with Gasteiger partial charge in [0.15, 0.2) is 0 Å². The highest BCUT2D eigenvalue weighted by atomic mass is 32.2. The molecule has 0 saturated carbocycles. The number of nitrogens with one attached hydrogen (secondary N) is 1. The van der Waals surface area contributed by atoms with Gasteiger partial charge in [-0.1, -0.05) is 61.5 Å². The molecule has 1 heterocycles. The highest BCUT2D eigenvalue weighted by Gasteiger charge is 2.33. The number of amides is 2. The molecule has 1 aliphatic rings. The lowest BCUT2D eigenvalue weighted by Crippen LogP contribution is -2.27. The minimum Gasteiger partial charge on any atom is -0.326 e. The molecule has 3 aromatic rings. The van der Waals surface area contributed by atoms with Crippen LogP contribution in [0.15, 0.2) is 78.9 Å². The molecule has 4 nitrogen and oxygen atoms in total. The number of thioether (sulfide) groups is 1. The van der Waals surface area contributed by atoms with Crippen LogP contribution in [0.25, 0.3) is 0 Å². The molecule has 5 heteroatoms. The van der Waals surface area contributed by atoms with Gasteiger partial charge in [0, 0.05) is 17.8 Å². The van der Waals surface area contributed by atoms with Crippen molar-refractivity contribution in [2.75, 3.05) is 16.0 Å². The van der Waals surface area contributed by atoms with E-state index in [1.54, 1.807) is 11.8 Å². The van der Waals surface area contributed by atoms with Crippen LogP contribution in [-0.2, 0) is 22.4 Å². The standard InChI is InChI=1S/C26H26N2O2S/c1-2-19-8-15-23(16-9-19)28-25(30)18-31-26(28)21-11-13-22(14-12-21)27-24(29)17-10-20-6-4-3-5-7-20/h3-9,11-16,26H,2,10,17-18H2,1H3,(H,27,29). The van der Waals surface area contributed by atoms with Crippen LogP contribution in [0.2, 0.25) is 0 Å². The Morgan fingerprint density at radius 3 is 2.35 bits per heavy atom. The topological polar surface area (TPSA) is 49.4 Å². The van der Waals surface area contributed by atoms with Gasteiger partial charge in [-0.05, 0) is 53.8 Å². The third kappa shape index (κ3) is 5.17. The van der Waals surface area contributed by atoms with Crippen molar-refractivity contribution in [3.8, 4) is 0 Å². The first-order chi connectivity index (χ1) is 15.1. The maximum atomic E-state index is 12.6. The molecule has 0 aliphatic carbocycles. The summed E-state index contributed by atoms with van der Waals surface area (Å²) in [6, 6.07) is 26.0. The fourth-order valence-electron chi connectivity index (χ4n) is 3.70. The van der Waals surface area contributed by atoms with Gasteiger partial charge in [0.2, 0.25) is 11.8 Å². The number of anilines is 2. The normalized spacial score (nSPS) is 15.8. The average molecular weight is 431 g/mol. The van der Waals surface area contributed by atoms with Crippen LogP contribution in [0.4, 0.5) is 11.4 Å². The third-order valence-corrected chi connectivity index (χ3v) is 6.67. The second-order valence-corrected chi connectivity index (χ2v) is 8.67. The van der Waals surface area contributed by atoms with Crippen molar-refractivity contribution in [2.24, 2.45) is 0 Å². The molecule has 1 unspecified atom stereocenters. The molecule has 3 aromatic carbocycles. The summed E-state index contributed by atoms with van der Waals surface area (Å²) in [4.78, 5) is 26.7. The van der Waals surface area contributed by atoms with Gasteiger partial charge in [0.05, 0.1) is 5.75 Å². The van der Waals surface area contributed by atoms with E-state index in [9.17, 15) is 9.59 Å². The minimum atomic E-state index is -0.0530. The second-order valence-electron chi connectivity index (χ2n) is 7.60. The van der Waals surface area contributed by atoms with Crippen molar-refractivity contribution >= 4 is 35.0 Å². The Morgan fingerprint density at radius 1 is 0.968 bits per heavy atom. The van der Waals surface area contributed by atoms with Crippen LogP contribution in [-0.4, -0.2) is 17.6 Å². The van der Waals surface area contributed by atoms with E-state index in [4.69, 9.17) is 0 Å². The zero-order valence-electron chi connectivity index (χ0n) is 17.6. The number of hydrogen-bond acceptors (Lipinski definition) is 3. The Balaban J connectivity index is 1.40. The lowest BCUT2D eigenvalue weighted by molar-refractivity contribution is -0.116. The maximum Gasteiger partial charge on any atom is 0.238 e. The molecule has 158 valence electrons. The molecule has 31 heavy (non-hydrogen) atoms. The third-order valence-electron chi connectivity index (χ3n) is 5.45. The van der Waals surface area contributed by atoms with E-state index in [1.807, 2.05) is 71.6 Å². The van der Waals surface area contributed by atoms with Crippen molar-refractivity contribution in [3.63, 3.8) is 0 Å². The highest BCUT2D eigenvalue weighted by molar-refractivity contribution is 8.00. The number of rotatable bonds is 7. The van der Waals surface area contributed by atoms with E-state index in [2.05, 4.69) is 24.4 Å². The van der Waals surface area contributed by atoms with E-state index >= 15 is 0 Å². The summed E-state index contributed by atoms with van der Waals surface area (Å²) in [6.07, 6.45) is 2.14. The number of carbonyl (C=O) groups is 2. The molecule has 1 fully saturated rings. The van der Waals surface area contributed by atoms with E-state index in [1.165, 1.54) is 5.56 Å². The van der Waals surface area contributed by atoms with Crippen LogP contribution in [0.3, 0.4) is 0 Å². The lowest BCUT2D eigenvalue weighted by atomic mass is 10.1. The largest absolute Gasteiger partial charge is 0.326 e. The maximum absolute atomic E-state index is 12.6. The Morgan fingerprint density at radius 2 is 1.68 bits per heavy atom. The summed E-state index contributed by atoms with van der Waals surface area (Å²) in [7, 11) is 0. The van der Waals surface area contributed by atoms with Gasteiger partial charge < -0.3 is 5.32 Å². The predicted octanol–water partition coefficient (Wildman–Crippen LogP) is 5.60. The van der Waals surface area contributed by atoms with Crippen molar-refractivity contribution in [1.29, 1.82) is 0 Å². The number of nitrogens with zero attached hydrogens (tertiary/aromatic N) is 1. The van der Waals surface area contributed by atoms with Gasteiger partial charge in [-0.2, -0.15) is 0 Å². The number of hydrogen-bond donors (Lipinski definition) is 1. The summed E-state index contributed by atoms with van der Waals surface area (Å²) in [5.41, 5.74) is 5.16. The molecule has 1 aliphatic heterocycles. The summed E-state index contributed by atoms with van der Waals surface area (Å²) < 4.78 is 0. The van der Waals surface area contributed by atoms with Crippen LogP contribution in [0, 0.1) is 0 Å². The molecule has 0 aromatic heterocycles. The predicted molar refractivity (Wildman–Crippen MR) is 128 cm³/mol. The molecule has 0 radical (unpaired) electrons. The SMILES string of the molecule is CCc1ccc(N2C(=O)CSC2c2ccc(NC(=O)CCc3ccccc3)cc2)cc1. The van der Waals surface area contributed by atoms with Crippen LogP contribution < -0.4 is 10.2 Å². The average Bonchev–Trinajstić information content (AvgIpc) is 3.20. The molecule has 4 rings (SSSR count). The van der Waals surface area contributed by atoms with Crippen molar-refractivity contribution in [2.45, 2.75) is 31.6 Å². The summed E-state index contributed by atoms with van der Waals surface area (Å²) in [5.74, 6) is 0.593. The summed E-state index contributed by atoms with van der Waals surface area (Å²) in [5, 5.41) is 2.92. The molecular formula is C26H26N2O2S. The molecule has 1 atom stereocenters. The monoisotopic (exact) mass is 430 g/mol. The molecule has 2 amide bonds. The zero-order valence-corrected chi connectivity index (χ0v) is 18.4. The van der Waals surface area contributed by atoms with Crippen LogP contribution in [0.1, 0.15) is 35.4 Å². The van der Waals surface area contributed by atoms with Crippen LogP contribution >= 0.6 is 11.8 Å². The number of aryl methyl sites for hydroxylation is 2. The van der Waals surface area contributed by atoms with E-state index in [0.717, 1.165) is 35.3 Å². The van der Waals surface area contributed by atoms with E-state index in [0.29, 0.717) is 12.2 Å². The van der Waals surface area contributed by atoms with Gasteiger partial charge in [-0.25, -0.2) is 0 Å². The second kappa shape index (κ2) is 9.84. The number of carbonyl (C=O) groups excluding carboxylic acids is 2. The first-order valence-electron chi connectivity index (χ1n) is 10.6. The molecule has 0 spiro atoms. The Labute approximate surface area is 187 Å². The lowest BCUT2D eigenvalue weighted by Gasteiger charge is -2.24. The first-order valence-corrected chi connectivity index (χ1v) is 11.7. The van der Waals surface area contributed by atoms with Crippen molar-refractivity contribution in [1.82, 2.24) is 0 Å². The Bertz CT molecular complexity index is 1030. The quantitative estimate of drug-likeness (QED) is 0.531. The fraction of sp³-hybridized carbons (Fsp3) is 0.231. The number of benzene rings is 3. The van der Waals surface area contributed by atoms with Gasteiger partial charge in [-0.15, -0.1) is 11.8 Å². The summed E-state index contributed by atoms with van der Waals surface area (Å²) >= 11 is 1.63. The van der Waals surface area contributed by atoms with Gasteiger partial charge in [0.1, 0.15) is 5.37 Å². The van der Waals surface area contributed by atoms with Gasteiger partial charge in [-0.3, -0.25) is 14.5 Å².